The summed E-state index contributed by atoms with van der Waals surface area (Å²) in [4.78, 5) is 0. The van der Waals surface area contributed by atoms with Crippen molar-refractivity contribution < 1.29 is 9.47 Å². The fourth-order valence-electron chi connectivity index (χ4n) is 4.29. The lowest BCUT2D eigenvalue weighted by Gasteiger charge is -2.44. The molecular formula is C17H27ClO2. The van der Waals surface area contributed by atoms with Crippen molar-refractivity contribution in [3.05, 3.63) is 11.1 Å². The van der Waals surface area contributed by atoms with Gasteiger partial charge in [0.25, 0.3) is 0 Å². The third-order valence-corrected chi connectivity index (χ3v) is 5.90. The monoisotopic (exact) mass is 298 g/mol. The van der Waals surface area contributed by atoms with Crippen molar-refractivity contribution in [3.63, 3.8) is 0 Å². The summed E-state index contributed by atoms with van der Waals surface area (Å²) in [6.45, 7) is 7.84. The number of hydrogen-bond donors (Lipinski definition) is 0. The summed E-state index contributed by atoms with van der Waals surface area (Å²) in [6.07, 6.45) is 6.43. The van der Waals surface area contributed by atoms with E-state index in [9.17, 15) is 0 Å². The Morgan fingerprint density at radius 1 is 1.30 bits per heavy atom. The number of rotatable bonds is 2. The van der Waals surface area contributed by atoms with Gasteiger partial charge in [0.15, 0.2) is 6.29 Å². The van der Waals surface area contributed by atoms with Gasteiger partial charge in [0.1, 0.15) is 0 Å². The molecule has 1 heterocycles. The van der Waals surface area contributed by atoms with Gasteiger partial charge in [0.05, 0.1) is 18.6 Å². The topological polar surface area (TPSA) is 18.5 Å². The zero-order chi connectivity index (χ0) is 14.3. The summed E-state index contributed by atoms with van der Waals surface area (Å²) in [5, 5.41) is 0. The molecule has 2 nitrogen and oxygen atoms in total. The Balaban J connectivity index is 1.77. The second kappa shape index (κ2) is 5.62. The minimum absolute atomic E-state index is 0.0412. The second-order valence-electron chi connectivity index (χ2n) is 7.48. The van der Waals surface area contributed by atoms with Gasteiger partial charge in [0, 0.05) is 5.92 Å². The zero-order valence-electron chi connectivity index (χ0n) is 13.0. The lowest BCUT2D eigenvalue weighted by atomic mass is 9.63. The predicted molar refractivity (Wildman–Crippen MR) is 81.9 cm³/mol. The highest BCUT2D eigenvalue weighted by molar-refractivity contribution is 6.18. The van der Waals surface area contributed by atoms with Crippen molar-refractivity contribution in [1.82, 2.24) is 0 Å². The molecule has 1 aliphatic heterocycles. The molecule has 0 aromatic rings. The molecule has 3 aliphatic rings. The van der Waals surface area contributed by atoms with Gasteiger partial charge >= 0.3 is 0 Å². The van der Waals surface area contributed by atoms with Gasteiger partial charge in [-0.25, -0.2) is 0 Å². The van der Waals surface area contributed by atoms with Gasteiger partial charge in [-0.1, -0.05) is 31.9 Å². The average Bonchev–Trinajstić information content (AvgIpc) is 2.86. The largest absolute Gasteiger partial charge is 0.350 e. The minimum Gasteiger partial charge on any atom is -0.350 e. The van der Waals surface area contributed by atoms with E-state index in [4.69, 9.17) is 21.1 Å². The van der Waals surface area contributed by atoms with Crippen molar-refractivity contribution in [2.75, 3.05) is 12.5 Å². The summed E-state index contributed by atoms with van der Waals surface area (Å²) in [5.74, 6) is 1.69. The molecule has 0 bridgehead atoms. The maximum atomic E-state index is 5.99. The van der Waals surface area contributed by atoms with Crippen molar-refractivity contribution in [2.45, 2.75) is 65.3 Å². The molecule has 0 aromatic carbocycles. The Hall–Kier alpha value is -0.0500. The third-order valence-electron chi connectivity index (χ3n) is 5.56. The molecule has 0 radical (unpaired) electrons. The van der Waals surface area contributed by atoms with Gasteiger partial charge in [-0.15, -0.1) is 11.6 Å². The van der Waals surface area contributed by atoms with E-state index in [0.29, 0.717) is 29.7 Å². The summed E-state index contributed by atoms with van der Waals surface area (Å²) >= 11 is 5.89. The minimum atomic E-state index is -0.0412. The predicted octanol–water partition coefficient (Wildman–Crippen LogP) is 4.52. The average molecular weight is 299 g/mol. The van der Waals surface area contributed by atoms with E-state index < -0.39 is 0 Å². The van der Waals surface area contributed by atoms with Crippen molar-refractivity contribution in [1.29, 1.82) is 0 Å². The van der Waals surface area contributed by atoms with Gasteiger partial charge < -0.3 is 9.47 Å². The van der Waals surface area contributed by atoms with E-state index >= 15 is 0 Å². The van der Waals surface area contributed by atoms with Crippen molar-refractivity contribution in [2.24, 2.45) is 17.3 Å². The van der Waals surface area contributed by atoms with Crippen LogP contribution < -0.4 is 0 Å². The van der Waals surface area contributed by atoms with E-state index in [1.807, 2.05) is 0 Å². The highest BCUT2D eigenvalue weighted by Gasteiger charge is 2.42. The Morgan fingerprint density at radius 3 is 2.80 bits per heavy atom. The molecule has 0 spiro atoms. The zero-order valence-corrected chi connectivity index (χ0v) is 13.7. The summed E-state index contributed by atoms with van der Waals surface area (Å²) in [7, 11) is 0. The quantitative estimate of drug-likeness (QED) is 0.551. The van der Waals surface area contributed by atoms with Crippen LogP contribution in [0, 0.1) is 17.3 Å². The van der Waals surface area contributed by atoms with Crippen LogP contribution in [0.2, 0.25) is 0 Å². The maximum absolute atomic E-state index is 5.99. The molecule has 0 saturated carbocycles. The van der Waals surface area contributed by atoms with E-state index in [-0.39, 0.29) is 12.4 Å². The molecule has 0 aromatic heterocycles. The van der Waals surface area contributed by atoms with Crippen LogP contribution in [-0.2, 0) is 9.47 Å². The molecule has 2 aliphatic carbocycles. The Labute approximate surface area is 127 Å². The lowest BCUT2D eigenvalue weighted by Crippen LogP contribution is -2.36. The Bertz CT molecular complexity index is 402. The van der Waals surface area contributed by atoms with Crippen LogP contribution in [0.1, 0.15) is 52.9 Å². The number of hydrogen-bond acceptors (Lipinski definition) is 2. The van der Waals surface area contributed by atoms with Crippen LogP contribution in [0.25, 0.3) is 0 Å². The molecule has 3 rings (SSSR count). The second-order valence-corrected chi connectivity index (χ2v) is 7.79. The fraction of sp³-hybridized carbons (Fsp3) is 0.882. The molecule has 20 heavy (non-hydrogen) atoms. The van der Waals surface area contributed by atoms with Gasteiger partial charge in [-0.3, -0.25) is 0 Å². The van der Waals surface area contributed by atoms with Crippen LogP contribution >= 0.6 is 11.6 Å². The SMILES string of the molecule is C[C@@H]1CC2=C(C[C@@H]1[C@@H]1OC[C@H](CCl)O1)C(C)(C)CCC2. The molecule has 3 heteroatoms. The first-order chi connectivity index (χ1) is 9.51. The molecule has 1 saturated heterocycles. The number of allylic oxidation sites excluding steroid dienone is 2. The highest BCUT2D eigenvalue weighted by atomic mass is 35.5. The molecule has 0 N–H and O–H groups in total. The lowest BCUT2D eigenvalue weighted by molar-refractivity contribution is -0.110. The summed E-state index contributed by atoms with van der Waals surface area (Å²) in [5.41, 5.74) is 3.81. The van der Waals surface area contributed by atoms with E-state index in [0.717, 1.165) is 6.42 Å². The summed E-state index contributed by atoms with van der Waals surface area (Å²) < 4.78 is 11.9. The summed E-state index contributed by atoms with van der Waals surface area (Å²) in [6, 6.07) is 0. The Kier molecular flexibility index (Phi) is 4.18. The normalized spacial score (nSPS) is 40.8. The molecule has 114 valence electrons. The maximum Gasteiger partial charge on any atom is 0.161 e. The van der Waals surface area contributed by atoms with Crippen LogP contribution in [-0.4, -0.2) is 24.9 Å². The van der Waals surface area contributed by atoms with Crippen molar-refractivity contribution in [3.8, 4) is 0 Å². The van der Waals surface area contributed by atoms with E-state index in [1.54, 1.807) is 11.1 Å². The molecule has 0 unspecified atom stereocenters. The van der Waals surface area contributed by atoms with Crippen LogP contribution in [0.4, 0.5) is 0 Å². The van der Waals surface area contributed by atoms with Crippen molar-refractivity contribution >= 4 is 11.6 Å². The molecule has 0 amide bonds. The van der Waals surface area contributed by atoms with Gasteiger partial charge in [-0.05, 0) is 43.4 Å². The van der Waals surface area contributed by atoms with Gasteiger partial charge in [0.2, 0.25) is 0 Å². The number of ether oxygens (including phenoxy) is 2. The number of alkyl halides is 1. The first kappa shape index (κ1) is 14.9. The smallest absolute Gasteiger partial charge is 0.161 e. The highest BCUT2D eigenvalue weighted by Crippen LogP contribution is 2.50. The molecule has 4 atom stereocenters. The van der Waals surface area contributed by atoms with Crippen LogP contribution in [0.15, 0.2) is 11.1 Å². The molecular weight excluding hydrogens is 272 g/mol. The van der Waals surface area contributed by atoms with E-state index in [1.165, 1.54) is 25.7 Å². The van der Waals surface area contributed by atoms with E-state index in [2.05, 4.69) is 20.8 Å². The fourth-order valence-corrected chi connectivity index (χ4v) is 4.45. The van der Waals surface area contributed by atoms with Gasteiger partial charge in [-0.2, -0.15) is 0 Å². The van der Waals surface area contributed by atoms with Crippen LogP contribution in [0.3, 0.4) is 0 Å². The van der Waals surface area contributed by atoms with Crippen LogP contribution in [0.5, 0.6) is 0 Å². The Morgan fingerprint density at radius 2 is 2.10 bits per heavy atom. The standard InChI is InChI=1S/C17H27ClO2/c1-11-7-12-5-4-6-17(2,3)15(12)8-14(11)16-19-10-13(9-18)20-16/h11,13-14,16H,4-10H2,1-3H3/t11-,13+,14+,16-/m1/s1. The molecule has 1 fully saturated rings. The number of halogens is 1. The first-order valence-electron chi connectivity index (χ1n) is 8.05. The third kappa shape index (κ3) is 2.67. The first-order valence-corrected chi connectivity index (χ1v) is 8.59.